The molecule has 0 heterocycles. The zero-order chi connectivity index (χ0) is 15.3. The maximum atomic E-state index is 13.5. The van der Waals surface area contributed by atoms with Gasteiger partial charge in [0, 0.05) is 12.6 Å². The van der Waals surface area contributed by atoms with E-state index < -0.39 is 27.9 Å². The number of benzene rings is 1. The summed E-state index contributed by atoms with van der Waals surface area (Å²) in [4.78, 5) is 11.2. The molecule has 6 nitrogen and oxygen atoms in total. The number of hydrogen-bond donors (Lipinski definition) is 2. The molecule has 120 valence electrons. The fourth-order valence-electron chi connectivity index (χ4n) is 1.43. The van der Waals surface area contributed by atoms with E-state index in [1.807, 2.05) is 0 Å². The molecule has 3 N–H and O–H groups in total. The Morgan fingerprint density at radius 3 is 2.57 bits per heavy atom. The van der Waals surface area contributed by atoms with Crippen molar-refractivity contribution >= 4 is 28.4 Å². The van der Waals surface area contributed by atoms with Gasteiger partial charge in [-0.3, -0.25) is 0 Å². The van der Waals surface area contributed by atoms with Gasteiger partial charge in [-0.05, 0) is 32.0 Å². The molecule has 21 heavy (non-hydrogen) atoms. The molecule has 0 fully saturated rings. The highest BCUT2D eigenvalue weighted by molar-refractivity contribution is 7.89. The molecule has 1 atom stereocenters. The molecule has 1 rings (SSSR count). The van der Waals surface area contributed by atoms with Gasteiger partial charge in [-0.25, -0.2) is 22.3 Å². The quantitative estimate of drug-likeness (QED) is 0.754. The molecule has 0 aromatic heterocycles. The van der Waals surface area contributed by atoms with Crippen LogP contribution in [0.15, 0.2) is 23.1 Å². The van der Waals surface area contributed by atoms with Gasteiger partial charge in [-0.15, -0.1) is 12.4 Å². The number of rotatable bonds is 6. The van der Waals surface area contributed by atoms with Crippen LogP contribution in [0.25, 0.3) is 0 Å². The maximum absolute atomic E-state index is 13.5. The van der Waals surface area contributed by atoms with Crippen molar-refractivity contribution in [3.63, 3.8) is 0 Å². The monoisotopic (exact) mass is 340 g/mol. The largest absolute Gasteiger partial charge is 0.462 e. The summed E-state index contributed by atoms with van der Waals surface area (Å²) in [6, 6.07) is 2.30. The average Bonchev–Trinajstić information content (AvgIpc) is 2.37. The third-order valence-corrected chi connectivity index (χ3v) is 3.97. The number of ether oxygens (including phenoxy) is 1. The van der Waals surface area contributed by atoms with Crippen molar-refractivity contribution in [1.29, 1.82) is 0 Å². The first-order chi connectivity index (χ1) is 9.30. The fourth-order valence-corrected chi connectivity index (χ4v) is 2.74. The topological polar surface area (TPSA) is 98.5 Å². The van der Waals surface area contributed by atoms with Crippen molar-refractivity contribution in [3.8, 4) is 0 Å². The van der Waals surface area contributed by atoms with E-state index in [1.54, 1.807) is 13.8 Å². The van der Waals surface area contributed by atoms with Crippen LogP contribution in [-0.4, -0.2) is 33.6 Å². The summed E-state index contributed by atoms with van der Waals surface area (Å²) in [7, 11) is -3.94. The highest BCUT2D eigenvalue weighted by atomic mass is 35.5. The third-order valence-electron chi connectivity index (χ3n) is 2.40. The van der Waals surface area contributed by atoms with Crippen molar-refractivity contribution in [3.05, 3.63) is 29.6 Å². The average molecular weight is 341 g/mol. The molecular weight excluding hydrogens is 323 g/mol. The van der Waals surface area contributed by atoms with Gasteiger partial charge in [-0.2, -0.15) is 0 Å². The third kappa shape index (κ3) is 5.58. The van der Waals surface area contributed by atoms with Crippen molar-refractivity contribution in [2.45, 2.75) is 24.8 Å². The second-order valence-electron chi connectivity index (χ2n) is 4.15. The summed E-state index contributed by atoms with van der Waals surface area (Å²) in [5.74, 6) is -1.62. The Morgan fingerprint density at radius 1 is 1.43 bits per heavy atom. The molecule has 0 radical (unpaired) electrons. The van der Waals surface area contributed by atoms with Crippen LogP contribution in [0.5, 0.6) is 0 Å². The maximum Gasteiger partial charge on any atom is 0.338 e. The van der Waals surface area contributed by atoms with Gasteiger partial charge >= 0.3 is 5.97 Å². The lowest BCUT2D eigenvalue weighted by atomic mass is 10.2. The Morgan fingerprint density at radius 2 is 2.05 bits per heavy atom. The van der Waals surface area contributed by atoms with Gasteiger partial charge in [0.05, 0.1) is 17.1 Å². The lowest BCUT2D eigenvalue weighted by Gasteiger charge is -2.12. The van der Waals surface area contributed by atoms with Crippen molar-refractivity contribution in [2.75, 3.05) is 13.2 Å². The number of nitrogens with two attached hydrogens (primary N) is 1. The van der Waals surface area contributed by atoms with E-state index in [2.05, 4.69) is 4.72 Å². The molecule has 1 aromatic rings. The SMILES string of the molecule is CCOC(=O)c1cc(F)cc(S(=O)(=O)N[C@@H](C)CN)c1.Cl. The molecule has 9 heteroatoms. The minimum atomic E-state index is -3.94. The van der Waals surface area contributed by atoms with E-state index in [9.17, 15) is 17.6 Å². The van der Waals surface area contributed by atoms with Crippen LogP contribution in [0.4, 0.5) is 4.39 Å². The van der Waals surface area contributed by atoms with Crippen LogP contribution in [-0.2, 0) is 14.8 Å². The lowest BCUT2D eigenvalue weighted by molar-refractivity contribution is 0.0525. The second kappa shape index (κ2) is 8.28. The zero-order valence-electron chi connectivity index (χ0n) is 11.6. The molecule has 0 saturated heterocycles. The first-order valence-electron chi connectivity index (χ1n) is 6.00. The summed E-state index contributed by atoms with van der Waals surface area (Å²) in [6.07, 6.45) is 0. The van der Waals surface area contributed by atoms with Crippen LogP contribution >= 0.6 is 12.4 Å². The van der Waals surface area contributed by atoms with Crippen LogP contribution in [0.3, 0.4) is 0 Å². The van der Waals surface area contributed by atoms with Crippen LogP contribution < -0.4 is 10.5 Å². The van der Waals surface area contributed by atoms with E-state index in [0.717, 1.165) is 18.2 Å². The molecule has 0 amide bonds. The van der Waals surface area contributed by atoms with Crippen LogP contribution in [0.2, 0.25) is 0 Å². The highest BCUT2D eigenvalue weighted by Gasteiger charge is 2.20. The van der Waals surface area contributed by atoms with E-state index in [0.29, 0.717) is 0 Å². The van der Waals surface area contributed by atoms with Gasteiger partial charge < -0.3 is 10.5 Å². The number of esters is 1. The van der Waals surface area contributed by atoms with Crippen LogP contribution in [0, 0.1) is 5.82 Å². The Hall–Kier alpha value is -1.22. The molecule has 0 unspecified atom stereocenters. The van der Waals surface area contributed by atoms with Gasteiger partial charge in [0.25, 0.3) is 0 Å². The highest BCUT2D eigenvalue weighted by Crippen LogP contribution is 2.15. The Bertz CT molecular complexity index is 595. The first kappa shape index (κ1) is 19.8. The zero-order valence-corrected chi connectivity index (χ0v) is 13.3. The normalized spacial score (nSPS) is 12.4. The van der Waals surface area contributed by atoms with Gasteiger partial charge in [0.15, 0.2) is 0 Å². The molecular formula is C12H18ClFN2O4S. The Kier molecular flexibility index (Phi) is 7.80. The van der Waals surface area contributed by atoms with Crippen molar-refractivity contribution < 1.29 is 22.3 Å². The van der Waals surface area contributed by atoms with Gasteiger partial charge in [0.1, 0.15) is 5.82 Å². The molecule has 0 spiro atoms. The number of nitrogens with one attached hydrogen (secondary N) is 1. The summed E-state index contributed by atoms with van der Waals surface area (Å²) < 4.78 is 44.4. The summed E-state index contributed by atoms with van der Waals surface area (Å²) >= 11 is 0. The molecule has 0 aliphatic rings. The minimum absolute atomic E-state index is 0. The number of halogens is 2. The van der Waals surface area contributed by atoms with Gasteiger partial charge in [0.2, 0.25) is 10.0 Å². The number of carbonyl (C=O) groups excluding carboxylic acids is 1. The number of hydrogen-bond acceptors (Lipinski definition) is 5. The molecule has 0 aliphatic heterocycles. The van der Waals surface area contributed by atoms with Crippen molar-refractivity contribution in [1.82, 2.24) is 4.72 Å². The standard InChI is InChI=1S/C12H17FN2O4S.ClH/c1-3-19-12(16)9-4-10(13)6-11(5-9)20(17,18)15-8(2)7-14;/h4-6,8,15H,3,7,14H2,1-2H3;1H/t8-;/m0./s1. The first-order valence-corrected chi connectivity index (χ1v) is 7.48. The van der Waals surface area contributed by atoms with E-state index in [1.165, 1.54) is 0 Å². The summed E-state index contributed by atoms with van der Waals surface area (Å²) in [5.41, 5.74) is 5.17. The lowest BCUT2D eigenvalue weighted by Crippen LogP contribution is -2.37. The Labute approximate surface area is 129 Å². The summed E-state index contributed by atoms with van der Waals surface area (Å²) in [6.45, 7) is 3.38. The predicted molar refractivity (Wildman–Crippen MR) is 78.4 cm³/mol. The minimum Gasteiger partial charge on any atom is -0.462 e. The smallest absolute Gasteiger partial charge is 0.338 e. The van der Waals surface area contributed by atoms with E-state index >= 15 is 0 Å². The Balaban J connectivity index is 0.00000400. The molecule has 0 saturated carbocycles. The van der Waals surface area contributed by atoms with Gasteiger partial charge in [-0.1, -0.05) is 0 Å². The fraction of sp³-hybridized carbons (Fsp3) is 0.417. The molecule has 1 aromatic carbocycles. The number of carbonyl (C=O) groups is 1. The molecule has 0 bridgehead atoms. The van der Waals surface area contributed by atoms with E-state index in [-0.39, 0.29) is 36.0 Å². The summed E-state index contributed by atoms with van der Waals surface area (Å²) in [5, 5.41) is 0. The second-order valence-corrected chi connectivity index (χ2v) is 5.87. The number of sulfonamides is 1. The molecule has 0 aliphatic carbocycles. The van der Waals surface area contributed by atoms with Crippen LogP contribution in [0.1, 0.15) is 24.2 Å². The predicted octanol–water partition coefficient (Wildman–Crippen LogP) is 1.05. The van der Waals surface area contributed by atoms with Crippen molar-refractivity contribution in [2.24, 2.45) is 5.73 Å². The van der Waals surface area contributed by atoms with E-state index in [4.69, 9.17) is 10.5 Å².